The SMILES string of the molecule is Cl.Cl.Cl.NC1(c2ccccc2)CCCCC1=O.[2H]C([2H])([2H])NC1(c2ccccc2)CCCCC1=O.[2H]C([2H])([2H])N[C@@]1(c2ccccc2)CCCCC1=O.[2H]C([2H])([2H])N[C@]1(c2ccccc2)CCCCC1=O. The number of hydrogen-bond donors (Lipinski definition) is 4. The molecule has 4 saturated carbocycles. The third-order valence-corrected chi connectivity index (χ3v) is 12.5. The molecule has 62 heavy (non-hydrogen) atoms. The van der Waals surface area contributed by atoms with Gasteiger partial charge in [0.25, 0.3) is 0 Å². The first-order valence-electron chi connectivity index (χ1n) is 25.6. The number of halogens is 3. The number of Topliss-reactive ketones (excluding diaryl/α,β-unsaturated/α-hetero) is 4. The van der Waals surface area contributed by atoms with Gasteiger partial charge in [-0.05, 0) is 94.5 Å². The summed E-state index contributed by atoms with van der Waals surface area (Å²) >= 11 is 0. The molecule has 8 nitrogen and oxygen atoms in total. The monoisotopic (exact) mass is 915 g/mol. The summed E-state index contributed by atoms with van der Waals surface area (Å²) in [6.45, 7) is -6.95. The Morgan fingerprint density at radius 3 is 0.903 bits per heavy atom. The highest BCUT2D eigenvalue weighted by atomic mass is 35.5. The molecule has 11 heteroatoms. The van der Waals surface area contributed by atoms with Crippen molar-refractivity contribution in [2.75, 3.05) is 20.9 Å². The van der Waals surface area contributed by atoms with Crippen molar-refractivity contribution in [2.45, 2.75) is 125 Å². The molecule has 5 N–H and O–H groups in total. The van der Waals surface area contributed by atoms with Gasteiger partial charge in [0.15, 0.2) is 23.1 Å². The van der Waals surface area contributed by atoms with Crippen LogP contribution in [0.5, 0.6) is 0 Å². The van der Waals surface area contributed by atoms with Crippen LogP contribution in [0.4, 0.5) is 0 Å². The van der Waals surface area contributed by atoms with Crippen molar-refractivity contribution in [1.29, 1.82) is 0 Å². The molecule has 4 aromatic rings. The first-order valence-corrected chi connectivity index (χ1v) is 21.1. The van der Waals surface area contributed by atoms with Gasteiger partial charge < -0.3 is 21.7 Å². The van der Waals surface area contributed by atoms with Gasteiger partial charge in [0, 0.05) is 38.0 Å². The average molecular weight is 918 g/mol. The van der Waals surface area contributed by atoms with Crippen LogP contribution < -0.4 is 21.7 Å². The van der Waals surface area contributed by atoms with Gasteiger partial charge in [0.05, 0.1) is 0 Å². The third kappa shape index (κ3) is 12.5. The lowest BCUT2D eigenvalue weighted by Gasteiger charge is -2.36. The summed E-state index contributed by atoms with van der Waals surface area (Å²) < 4.78 is 66.6. The third-order valence-electron chi connectivity index (χ3n) is 12.5. The Hall–Kier alpha value is -3.73. The molecule has 4 fully saturated rings. The molecule has 4 aliphatic rings. The number of nitrogens with one attached hydrogen (secondary N) is 3. The average Bonchev–Trinajstić information content (AvgIpc) is 3.30. The van der Waals surface area contributed by atoms with Crippen molar-refractivity contribution < 1.29 is 31.5 Å². The quantitative estimate of drug-likeness (QED) is 0.144. The van der Waals surface area contributed by atoms with Crippen LogP contribution in [-0.4, -0.2) is 44.1 Å². The maximum Gasteiger partial charge on any atom is 0.157 e. The zero-order valence-corrected chi connectivity index (χ0v) is 37.7. The van der Waals surface area contributed by atoms with Crippen LogP contribution in [0.25, 0.3) is 0 Å². The molecule has 4 aromatic carbocycles. The Balaban J connectivity index is 0.000000321. The zero-order chi connectivity index (χ0) is 49.7. The molecule has 0 bridgehead atoms. The first kappa shape index (κ1) is 41.0. The molecule has 8 rings (SSSR count). The van der Waals surface area contributed by atoms with Crippen LogP contribution in [-0.2, 0) is 41.3 Å². The fourth-order valence-electron chi connectivity index (χ4n) is 8.88. The predicted molar refractivity (Wildman–Crippen MR) is 259 cm³/mol. The summed E-state index contributed by atoms with van der Waals surface area (Å²) in [4.78, 5) is 48.6. The molecule has 4 aliphatic carbocycles. The van der Waals surface area contributed by atoms with Crippen LogP contribution in [0.15, 0.2) is 121 Å². The number of likely N-dealkylation sites (N-methyl/N-ethyl adjacent to an activating group) is 3. The van der Waals surface area contributed by atoms with E-state index in [4.69, 9.17) is 18.1 Å². The normalized spacial score (nSPS) is 28.3. The predicted octanol–water partition coefficient (Wildman–Crippen LogP) is 9.98. The molecule has 4 atom stereocenters. The van der Waals surface area contributed by atoms with E-state index in [-0.39, 0.29) is 60.4 Å². The van der Waals surface area contributed by atoms with Gasteiger partial charge in [0.1, 0.15) is 22.2 Å². The van der Waals surface area contributed by atoms with Gasteiger partial charge in [-0.1, -0.05) is 147 Å². The van der Waals surface area contributed by atoms with Gasteiger partial charge in [-0.25, -0.2) is 0 Å². The number of benzene rings is 4. The van der Waals surface area contributed by atoms with Gasteiger partial charge in [-0.2, -0.15) is 0 Å². The zero-order valence-electron chi connectivity index (χ0n) is 44.3. The Bertz CT molecular complexity index is 2080. The molecular formula is C51H69Cl3N4O4. The lowest BCUT2D eigenvalue weighted by molar-refractivity contribution is -0.128. The largest absolute Gasteiger partial charge is 0.315 e. The second kappa shape index (κ2) is 26.2. The summed E-state index contributed by atoms with van der Waals surface area (Å²) in [5.41, 5.74) is 5.58. The Labute approximate surface area is 401 Å². The maximum atomic E-state index is 12.3. The second-order valence-corrected chi connectivity index (χ2v) is 16.0. The lowest BCUT2D eigenvalue weighted by atomic mass is 9.76. The van der Waals surface area contributed by atoms with Gasteiger partial charge in [-0.15, -0.1) is 37.2 Å². The van der Waals surface area contributed by atoms with Gasteiger partial charge in [0.2, 0.25) is 0 Å². The highest BCUT2D eigenvalue weighted by Gasteiger charge is 2.42. The number of carbonyl (C=O) groups is 4. The van der Waals surface area contributed by atoms with E-state index in [0.29, 0.717) is 44.9 Å². The Morgan fingerprint density at radius 2 is 0.645 bits per heavy atom. The highest BCUT2D eigenvalue weighted by Crippen LogP contribution is 2.36. The number of carbonyl (C=O) groups excluding carboxylic acids is 4. The highest BCUT2D eigenvalue weighted by molar-refractivity contribution is 5.92. The minimum absolute atomic E-state index is 0. The Kier molecular flexibility index (Phi) is 17.3. The molecule has 0 radical (unpaired) electrons. The minimum atomic E-state index is -2.32. The van der Waals surface area contributed by atoms with Crippen LogP contribution in [0.1, 0.15) is 137 Å². The van der Waals surface area contributed by atoms with Crippen LogP contribution in [0.2, 0.25) is 0 Å². The van der Waals surface area contributed by atoms with Crippen molar-refractivity contribution in [3.05, 3.63) is 144 Å². The minimum Gasteiger partial charge on any atom is -0.315 e. The summed E-state index contributed by atoms with van der Waals surface area (Å²) in [5.74, 6) is 0.137. The number of ketones is 4. The van der Waals surface area contributed by atoms with Gasteiger partial charge >= 0.3 is 0 Å². The molecule has 0 spiro atoms. The summed E-state index contributed by atoms with van der Waals surface area (Å²) in [6.07, 6.45) is 11.6. The fraction of sp³-hybridized carbons (Fsp3) is 0.451. The van der Waals surface area contributed by atoms with Crippen molar-refractivity contribution in [1.82, 2.24) is 16.0 Å². The summed E-state index contributed by atoms with van der Waals surface area (Å²) in [7, 11) is 0. The van der Waals surface area contributed by atoms with Crippen molar-refractivity contribution >= 4 is 60.4 Å². The molecule has 0 heterocycles. The number of nitrogens with two attached hydrogens (primary N) is 1. The van der Waals surface area contributed by atoms with E-state index in [1.54, 1.807) is 0 Å². The molecular weight excluding hydrogens is 839 g/mol. The number of rotatable bonds is 7. The Morgan fingerprint density at radius 1 is 0.387 bits per heavy atom. The van der Waals surface area contributed by atoms with E-state index in [2.05, 4.69) is 16.0 Å². The van der Waals surface area contributed by atoms with E-state index in [9.17, 15) is 19.2 Å². The molecule has 338 valence electrons. The van der Waals surface area contributed by atoms with E-state index in [1.807, 2.05) is 121 Å². The van der Waals surface area contributed by atoms with Crippen molar-refractivity contribution in [2.24, 2.45) is 5.73 Å². The molecule has 0 aliphatic heterocycles. The molecule has 0 amide bonds. The second-order valence-electron chi connectivity index (χ2n) is 16.0. The maximum absolute atomic E-state index is 12.3. The van der Waals surface area contributed by atoms with Crippen molar-refractivity contribution in [3.8, 4) is 0 Å². The van der Waals surface area contributed by atoms with E-state index in [0.717, 1.165) is 80.0 Å². The van der Waals surface area contributed by atoms with E-state index >= 15 is 0 Å². The van der Waals surface area contributed by atoms with Crippen LogP contribution >= 0.6 is 37.2 Å². The van der Waals surface area contributed by atoms with Crippen LogP contribution in [0, 0.1) is 0 Å². The van der Waals surface area contributed by atoms with Crippen molar-refractivity contribution in [3.63, 3.8) is 0 Å². The summed E-state index contributed by atoms with van der Waals surface area (Å²) in [6, 6.07) is 37.2. The van der Waals surface area contributed by atoms with Gasteiger partial charge in [-0.3, -0.25) is 19.2 Å². The van der Waals surface area contributed by atoms with E-state index in [1.165, 1.54) is 0 Å². The fourth-order valence-corrected chi connectivity index (χ4v) is 8.88. The van der Waals surface area contributed by atoms with E-state index < -0.39 is 43.1 Å². The molecule has 2 unspecified atom stereocenters. The summed E-state index contributed by atoms with van der Waals surface area (Å²) in [5, 5.41) is 7.76. The lowest BCUT2D eigenvalue weighted by Crippen LogP contribution is -2.49. The topological polar surface area (TPSA) is 130 Å². The first-order chi connectivity index (χ1) is 32.1. The standard InChI is InChI=1S/3C13H17NO.C12H15NO.3ClH/c3*1-14-13(10-6-5-9-12(13)15)11-7-3-2-4-8-11;13-12(9-5-4-8-11(12)14)10-6-2-1-3-7-10;;;/h3*2-4,7-8,14H,5-6,9-10H2,1H3;1-3,6-7H,4-5,8-9,13H2;3*1H/t2*13-;;;;;/m10...../s1/i3*1D3;;;;. The number of hydrogen-bond acceptors (Lipinski definition) is 8. The molecule has 0 saturated heterocycles. The van der Waals surface area contributed by atoms with Crippen LogP contribution in [0.3, 0.4) is 0 Å². The molecule has 0 aromatic heterocycles. The smallest absolute Gasteiger partial charge is 0.157 e.